The molecule has 2 amide bonds. The molecular formula is C20H18N4O5. The summed E-state index contributed by atoms with van der Waals surface area (Å²) in [6.07, 6.45) is 4.59. The predicted molar refractivity (Wildman–Crippen MR) is 102 cm³/mol. The van der Waals surface area contributed by atoms with Crippen LogP contribution in [0.4, 0.5) is 0 Å². The highest BCUT2D eigenvalue weighted by Gasteiger charge is 2.23. The van der Waals surface area contributed by atoms with E-state index < -0.39 is 11.8 Å². The number of rotatable bonds is 4. The van der Waals surface area contributed by atoms with E-state index in [-0.39, 0.29) is 29.0 Å². The molecule has 29 heavy (non-hydrogen) atoms. The lowest BCUT2D eigenvalue weighted by Gasteiger charge is -2.12. The second-order valence-electron chi connectivity index (χ2n) is 6.70. The summed E-state index contributed by atoms with van der Waals surface area (Å²) in [7, 11) is 0. The number of carbonyl (C=O) groups excluding carboxylic acids is 2. The maximum atomic E-state index is 12.3. The average molecular weight is 394 g/mol. The van der Waals surface area contributed by atoms with Gasteiger partial charge in [0, 0.05) is 40.9 Å². The lowest BCUT2D eigenvalue weighted by atomic mass is 10.1. The zero-order valence-electron chi connectivity index (χ0n) is 15.4. The molecule has 0 saturated carbocycles. The third-order valence-corrected chi connectivity index (χ3v) is 4.83. The van der Waals surface area contributed by atoms with Crippen molar-refractivity contribution >= 4 is 22.6 Å². The van der Waals surface area contributed by atoms with Crippen LogP contribution in [-0.2, 0) is 11.3 Å². The first-order valence-corrected chi connectivity index (χ1v) is 9.11. The van der Waals surface area contributed by atoms with Crippen molar-refractivity contribution in [3.8, 4) is 11.8 Å². The van der Waals surface area contributed by atoms with Gasteiger partial charge in [-0.15, -0.1) is 10.2 Å². The van der Waals surface area contributed by atoms with Crippen LogP contribution < -0.4 is 0 Å². The van der Waals surface area contributed by atoms with Crippen molar-refractivity contribution < 1.29 is 24.5 Å². The summed E-state index contributed by atoms with van der Waals surface area (Å²) < 4.78 is 6.92. The molecule has 2 N–H and O–H groups in total. The van der Waals surface area contributed by atoms with E-state index in [2.05, 4.69) is 15.2 Å². The fourth-order valence-electron chi connectivity index (χ4n) is 3.31. The molecule has 1 aromatic carbocycles. The van der Waals surface area contributed by atoms with Crippen molar-refractivity contribution in [3.05, 3.63) is 53.9 Å². The van der Waals surface area contributed by atoms with E-state index in [1.54, 1.807) is 0 Å². The summed E-state index contributed by atoms with van der Waals surface area (Å²) in [6, 6.07) is 7.32. The lowest BCUT2D eigenvalue weighted by molar-refractivity contribution is 0.0930. The zero-order valence-corrected chi connectivity index (χ0v) is 15.4. The van der Waals surface area contributed by atoms with Gasteiger partial charge in [0.05, 0.1) is 12.6 Å². The topological polar surface area (TPSA) is 126 Å². The van der Waals surface area contributed by atoms with Crippen molar-refractivity contribution in [3.63, 3.8) is 0 Å². The van der Waals surface area contributed by atoms with Crippen LogP contribution in [0.1, 0.15) is 33.6 Å². The minimum absolute atomic E-state index is 0.0808. The van der Waals surface area contributed by atoms with Gasteiger partial charge in [-0.3, -0.25) is 19.1 Å². The van der Waals surface area contributed by atoms with Crippen molar-refractivity contribution in [1.29, 1.82) is 0 Å². The lowest BCUT2D eigenvalue weighted by Crippen LogP contribution is -2.14. The smallest absolute Gasteiger partial charge is 0.295 e. The Morgan fingerprint density at radius 3 is 2.41 bits per heavy atom. The van der Waals surface area contributed by atoms with Gasteiger partial charge < -0.3 is 14.9 Å². The molecule has 0 bridgehead atoms. The summed E-state index contributed by atoms with van der Waals surface area (Å²) in [6.45, 7) is 0.977. The number of pyridine rings is 1. The van der Waals surface area contributed by atoms with Gasteiger partial charge in [0.15, 0.2) is 0 Å². The predicted octanol–water partition coefficient (Wildman–Crippen LogP) is 3.06. The Morgan fingerprint density at radius 2 is 1.72 bits per heavy atom. The molecule has 0 aliphatic carbocycles. The molecule has 1 aliphatic rings. The maximum absolute atomic E-state index is 12.3. The Balaban J connectivity index is 1.58. The van der Waals surface area contributed by atoms with E-state index in [4.69, 9.17) is 4.74 Å². The summed E-state index contributed by atoms with van der Waals surface area (Å²) in [5, 5.41) is 28.6. The minimum atomic E-state index is -0.736. The number of azo groups is 1. The van der Waals surface area contributed by atoms with E-state index in [1.165, 1.54) is 47.3 Å². The minimum Gasteiger partial charge on any atom is -0.494 e. The molecule has 0 unspecified atom stereocenters. The number of amides is 2. The van der Waals surface area contributed by atoms with E-state index in [0.29, 0.717) is 23.9 Å². The monoisotopic (exact) mass is 394 g/mol. The molecule has 1 aliphatic heterocycles. The Labute approximate surface area is 165 Å². The quantitative estimate of drug-likeness (QED) is 0.655. The number of hydrogen-bond acceptors (Lipinski definition) is 6. The van der Waals surface area contributed by atoms with Crippen LogP contribution >= 0.6 is 0 Å². The van der Waals surface area contributed by atoms with Crippen molar-refractivity contribution in [2.45, 2.75) is 25.5 Å². The Bertz CT molecular complexity index is 1100. The number of aromatic hydroxyl groups is 2. The second-order valence-corrected chi connectivity index (χ2v) is 6.70. The van der Waals surface area contributed by atoms with E-state index >= 15 is 0 Å². The van der Waals surface area contributed by atoms with Crippen molar-refractivity contribution in [2.24, 2.45) is 10.2 Å². The molecule has 148 valence electrons. The van der Waals surface area contributed by atoms with Crippen LogP contribution in [0.2, 0.25) is 0 Å². The van der Waals surface area contributed by atoms with Gasteiger partial charge in [-0.2, -0.15) is 0 Å². The Kier molecular flexibility index (Phi) is 5.05. The molecule has 1 saturated heterocycles. The zero-order chi connectivity index (χ0) is 20.4. The molecular weight excluding hydrogens is 376 g/mol. The Morgan fingerprint density at radius 1 is 1.03 bits per heavy atom. The van der Waals surface area contributed by atoms with Gasteiger partial charge in [0.1, 0.15) is 0 Å². The molecule has 9 heteroatoms. The molecule has 1 atom stereocenters. The molecule has 3 heterocycles. The van der Waals surface area contributed by atoms with Crippen molar-refractivity contribution in [1.82, 2.24) is 9.55 Å². The SMILES string of the molecule is O=C(N=NC(=O)c1ccc2c(O)n(C[C@@H]3CCCO3)c(O)c2c1)c1ccncc1. The molecule has 0 spiro atoms. The van der Waals surface area contributed by atoms with Crippen LogP contribution in [-0.4, -0.2) is 44.3 Å². The van der Waals surface area contributed by atoms with Crippen molar-refractivity contribution in [2.75, 3.05) is 6.61 Å². The number of fused-ring (bicyclic) bond motifs is 1. The number of nitrogens with zero attached hydrogens (tertiary/aromatic N) is 4. The number of hydrogen-bond donors (Lipinski definition) is 2. The molecule has 1 fully saturated rings. The van der Waals surface area contributed by atoms with E-state index in [0.717, 1.165) is 12.8 Å². The summed E-state index contributed by atoms with van der Waals surface area (Å²) in [5.41, 5.74) is 0.397. The number of carbonyl (C=O) groups is 2. The summed E-state index contributed by atoms with van der Waals surface area (Å²) in [5.74, 6) is -1.65. The average Bonchev–Trinajstić information content (AvgIpc) is 3.35. The fraction of sp³-hybridized carbons (Fsp3) is 0.250. The van der Waals surface area contributed by atoms with E-state index in [1.807, 2.05) is 0 Å². The summed E-state index contributed by atoms with van der Waals surface area (Å²) in [4.78, 5) is 28.0. The standard InChI is InChI=1S/C20H18N4O5/c25-17(12-5-7-21-8-6-12)22-23-18(26)13-3-4-15-16(10-13)20(28)24(19(15)27)11-14-2-1-9-29-14/h3-8,10,14,27-28H,1-2,9,11H2/t14-/m0/s1. The third kappa shape index (κ3) is 3.72. The van der Waals surface area contributed by atoms with E-state index in [9.17, 15) is 19.8 Å². The summed E-state index contributed by atoms with van der Waals surface area (Å²) >= 11 is 0. The molecule has 9 nitrogen and oxygen atoms in total. The number of aromatic nitrogens is 2. The van der Waals surface area contributed by atoms with Gasteiger partial charge >= 0.3 is 0 Å². The number of ether oxygens (including phenoxy) is 1. The van der Waals surface area contributed by atoms with Crippen LogP contribution in [0.25, 0.3) is 10.8 Å². The normalized spacial score (nSPS) is 16.6. The second kappa shape index (κ2) is 7.80. The first-order chi connectivity index (χ1) is 14.0. The fourth-order valence-corrected chi connectivity index (χ4v) is 3.31. The van der Waals surface area contributed by atoms with Crippen LogP contribution in [0.5, 0.6) is 11.8 Å². The number of benzene rings is 1. The molecule has 3 aromatic rings. The van der Waals surface area contributed by atoms with Gasteiger partial charge in [-0.05, 0) is 43.2 Å². The van der Waals surface area contributed by atoms with Gasteiger partial charge in [0.25, 0.3) is 11.8 Å². The van der Waals surface area contributed by atoms with Gasteiger partial charge in [0.2, 0.25) is 11.8 Å². The van der Waals surface area contributed by atoms with Gasteiger partial charge in [-0.1, -0.05) is 0 Å². The molecule has 2 aromatic heterocycles. The molecule has 4 rings (SSSR count). The van der Waals surface area contributed by atoms with Crippen LogP contribution in [0.3, 0.4) is 0 Å². The maximum Gasteiger partial charge on any atom is 0.295 e. The largest absolute Gasteiger partial charge is 0.494 e. The molecule has 0 radical (unpaired) electrons. The highest BCUT2D eigenvalue weighted by atomic mass is 16.5. The van der Waals surface area contributed by atoms with Crippen LogP contribution in [0.15, 0.2) is 53.0 Å². The first kappa shape index (κ1) is 18.8. The Hall–Kier alpha value is -3.59. The highest BCUT2D eigenvalue weighted by Crippen LogP contribution is 2.37. The third-order valence-electron chi connectivity index (χ3n) is 4.83. The first-order valence-electron chi connectivity index (χ1n) is 9.11. The van der Waals surface area contributed by atoms with Crippen LogP contribution in [0, 0.1) is 0 Å². The highest BCUT2D eigenvalue weighted by molar-refractivity contribution is 6.03. The van der Waals surface area contributed by atoms with Gasteiger partial charge in [-0.25, -0.2) is 0 Å².